The van der Waals surface area contributed by atoms with Crippen LogP contribution in [0.2, 0.25) is 0 Å². The molecule has 0 saturated heterocycles. The van der Waals surface area contributed by atoms with Crippen molar-refractivity contribution in [2.45, 2.75) is 13.3 Å². The van der Waals surface area contributed by atoms with Crippen LogP contribution < -0.4 is 10.7 Å². The molecule has 0 atom stereocenters. The van der Waals surface area contributed by atoms with Crippen LogP contribution in [-0.4, -0.2) is 22.6 Å². The van der Waals surface area contributed by atoms with Gasteiger partial charge < -0.3 is 14.3 Å². The van der Waals surface area contributed by atoms with Gasteiger partial charge in [0.15, 0.2) is 11.2 Å². The van der Waals surface area contributed by atoms with Crippen molar-refractivity contribution >= 4 is 16.9 Å². The molecule has 4 aromatic rings. The lowest BCUT2D eigenvalue weighted by atomic mass is 10.1. The molecular formula is C21H17N3O4. The van der Waals surface area contributed by atoms with Gasteiger partial charge in [-0.15, -0.1) is 0 Å². The second-order valence-corrected chi connectivity index (χ2v) is 6.36. The number of hydrogen-bond donors (Lipinski definition) is 1. The molecule has 1 N–H and O–H groups in total. The van der Waals surface area contributed by atoms with Crippen molar-refractivity contribution in [2.75, 3.05) is 6.54 Å². The fourth-order valence-electron chi connectivity index (χ4n) is 2.81. The Bertz CT molecular complexity index is 1200. The fourth-order valence-corrected chi connectivity index (χ4v) is 2.81. The number of rotatable bonds is 5. The summed E-state index contributed by atoms with van der Waals surface area (Å²) in [6, 6.07) is 15.9. The van der Waals surface area contributed by atoms with Crippen LogP contribution in [0, 0.1) is 6.92 Å². The van der Waals surface area contributed by atoms with Crippen molar-refractivity contribution < 1.29 is 13.7 Å². The van der Waals surface area contributed by atoms with Gasteiger partial charge in [0.1, 0.15) is 5.58 Å². The van der Waals surface area contributed by atoms with Crippen LogP contribution in [0.25, 0.3) is 22.4 Å². The summed E-state index contributed by atoms with van der Waals surface area (Å²) in [7, 11) is 0. The summed E-state index contributed by atoms with van der Waals surface area (Å²) in [4.78, 5) is 28.8. The molecule has 0 aliphatic rings. The van der Waals surface area contributed by atoms with Gasteiger partial charge in [-0.1, -0.05) is 47.1 Å². The van der Waals surface area contributed by atoms with E-state index in [1.54, 1.807) is 12.1 Å². The molecule has 28 heavy (non-hydrogen) atoms. The third-order valence-electron chi connectivity index (χ3n) is 4.23. The summed E-state index contributed by atoms with van der Waals surface area (Å²) in [5, 5.41) is 7.09. The highest BCUT2D eigenvalue weighted by Gasteiger charge is 2.13. The summed E-state index contributed by atoms with van der Waals surface area (Å²) in [5.41, 5.74) is 1.94. The number of fused-ring (bicyclic) bond motifs is 1. The Kier molecular flexibility index (Phi) is 4.72. The molecule has 7 nitrogen and oxygen atoms in total. The van der Waals surface area contributed by atoms with Gasteiger partial charge >= 0.3 is 0 Å². The first-order chi connectivity index (χ1) is 13.6. The molecule has 140 valence electrons. The number of benzene rings is 2. The van der Waals surface area contributed by atoms with E-state index in [1.807, 2.05) is 43.3 Å². The highest BCUT2D eigenvalue weighted by molar-refractivity contribution is 5.93. The van der Waals surface area contributed by atoms with Crippen molar-refractivity contribution in [1.29, 1.82) is 0 Å². The number of aryl methyl sites for hydroxylation is 1. The average molecular weight is 375 g/mol. The van der Waals surface area contributed by atoms with E-state index in [-0.39, 0.29) is 17.7 Å². The van der Waals surface area contributed by atoms with Gasteiger partial charge in [0, 0.05) is 24.6 Å². The first-order valence-corrected chi connectivity index (χ1v) is 8.81. The Morgan fingerprint density at radius 3 is 2.75 bits per heavy atom. The van der Waals surface area contributed by atoms with E-state index in [2.05, 4.69) is 15.5 Å². The molecule has 7 heteroatoms. The number of nitrogens with zero attached hydrogens (tertiary/aromatic N) is 2. The van der Waals surface area contributed by atoms with Crippen LogP contribution in [0.15, 0.2) is 68.3 Å². The predicted molar refractivity (Wildman–Crippen MR) is 103 cm³/mol. The Hall–Kier alpha value is -3.74. The number of carbonyl (C=O) groups is 1. The minimum absolute atomic E-state index is 0.0307. The van der Waals surface area contributed by atoms with Crippen molar-refractivity contribution in [3.63, 3.8) is 0 Å². The number of carbonyl (C=O) groups excluding carboxylic acids is 1. The highest BCUT2D eigenvalue weighted by atomic mass is 16.5. The zero-order valence-electron chi connectivity index (χ0n) is 15.1. The Morgan fingerprint density at radius 1 is 1.11 bits per heavy atom. The topological polar surface area (TPSA) is 98.2 Å². The van der Waals surface area contributed by atoms with Crippen LogP contribution in [0.5, 0.6) is 0 Å². The lowest BCUT2D eigenvalue weighted by Gasteiger charge is -2.04. The van der Waals surface area contributed by atoms with E-state index in [1.165, 1.54) is 6.07 Å². The molecule has 0 spiro atoms. The summed E-state index contributed by atoms with van der Waals surface area (Å²) < 4.78 is 10.8. The van der Waals surface area contributed by atoms with Gasteiger partial charge in [-0.05, 0) is 19.1 Å². The summed E-state index contributed by atoms with van der Waals surface area (Å²) in [6.07, 6.45) is 0.364. The van der Waals surface area contributed by atoms with Gasteiger partial charge in [0.2, 0.25) is 11.7 Å². The molecule has 0 saturated carbocycles. The molecule has 0 bridgehead atoms. The molecule has 0 unspecified atom stereocenters. The van der Waals surface area contributed by atoms with E-state index in [9.17, 15) is 9.59 Å². The first kappa shape index (κ1) is 17.7. The third kappa shape index (κ3) is 3.68. The van der Waals surface area contributed by atoms with Gasteiger partial charge in [-0.25, -0.2) is 0 Å². The summed E-state index contributed by atoms with van der Waals surface area (Å²) in [6.45, 7) is 2.16. The smallest absolute Gasteiger partial charge is 0.287 e. The Labute approximate surface area is 160 Å². The zero-order chi connectivity index (χ0) is 19.5. The normalized spacial score (nSPS) is 10.9. The van der Waals surface area contributed by atoms with Gasteiger partial charge in [0.05, 0.1) is 5.39 Å². The number of hydrogen-bond acceptors (Lipinski definition) is 6. The Balaban J connectivity index is 1.41. The van der Waals surface area contributed by atoms with E-state index >= 15 is 0 Å². The molecule has 2 aromatic carbocycles. The minimum atomic E-state index is -0.470. The second kappa shape index (κ2) is 7.48. The quantitative estimate of drug-likeness (QED) is 0.575. The molecule has 1 amide bonds. The second-order valence-electron chi connectivity index (χ2n) is 6.36. The van der Waals surface area contributed by atoms with Crippen LogP contribution in [0.3, 0.4) is 0 Å². The maximum atomic E-state index is 12.3. The molecule has 0 fully saturated rings. The largest absolute Gasteiger partial charge is 0.451 e. The number of nitrogens with one attached hydrogen (secondary N) is 1. The number of aromatic nitrogens is 2. The van der Waals surface area contributed by atoms with Crippen LogP contribution in [-0.2, 0) is 6.42 Å². The lowest BCUT2D eigenvalue weighted by Crippen LogP contribution is -2.26. The zero-order valence-corrected chi connectivity index (χ0v) is 15.1. The van der Waals surface area contributed by atoms with E-state index < -0.39 is 5.91 Å². The lowest BCUT2D eigenvalue weighted by molar-refractivity contribution is 0.0926. The van der Waals surface area contributed by atoms with E-state index in [0.717, 1.165) is 11.1 Å². The minimum Gasteiger partial charge on any atom is -0.451 e. The summed E-state index contributed by atoms with van der Waals surface area (Å²) >= 11 is 0. The van der Waals surface area contributed by atoms with Crippen LogP contribution in [0.4, 0.5) is 0 Å². The molecule has 4 rings (SSSR count). The van der Waals surface area contributed by atoms with Crippen molar-refractivity contribution in [3.05, 3.63) is 82.0 Å². The third-order valence-corrected chi connectivity index (χ3v) is 4.23. The molecular weight excluding hydrogens is 358 g/mol. The van der Waals surface area contributed by atoms with Crippen molar-refractivity contribution in [3.8, 4) is 11.4 Å². The van der Waals surface area contributed by atoms with E-state index in [4.69, 9.17) is 8.94 Å². The highest BCUT2D eigenvalue weighted by Crippen LogP contribution is 2.15. The van der Waals surface area contributed by atoms with Gasteiger partial charge in [-0.3, -0.25) is 9.59 Å². The van der Waals surface area contributed by atoms with Crippen molar-refractivity contribution in [1.82, 2.24) is 15.5 Å². The standard InChI is InChI=1S/C21H17N3O4/c1-13-7-8-17-15(11-13)16(25)12-18(27-17)21(26)22-10-9-19-23-20(24-28-19)14-5-3-2-4-6-14/h2-8,11-12H,9-10H2,1H3,(H,22,26). The van der Waals surface area contributed by atoms with Crippen LogP contribution >= 0.6 is 0 Å². The van der Waals surface area contributed by atoms with E-state index in [0.29, 0.717) is 29.1 Å². The summed E-state index contributed by atoms with van der Waals surface area (Å²) in [5.74, 6) is 0.409. The fraction of sp³-hybridized carbons (Fsp3) is 0.143. The van der Waals surface area contributed by atoms with Gasteiger partial charge in [0.25, 0.3) is 5.91 Å². The molecule has 0 aliphatic heterocycles. The molecule has 0 aliphatic carbocycles. The predicted octanol–water partition coefficient (Wildman–Crippen LogP) is 3.12. The maximum Gasteiger partial charge on any atom is 0.287 e. The van der Waals surface area contributed by atoms with Crippen LogP contribution in [0.1, 0.15) is 22.0 Å². The molecule has 0 radical (unpaired) electrons. The maximum absolute atomic E-state index is 12.3. The Morgan fingerprint density at radius 2 is 1.93 bits per heavy atom. The number of amides is 1. The average Bonchev–Trinajstić information content (AvgIpc) is 3.18. The molecule has 2 aromatic heterocycles. The SMILES string of the molecule is Cc1ccc2oc(C(=O)NCCc3nc(-c4ccccc4)no3)cc(=O)c2c1. The molecule has 2 heterocycles. The first-order valence-electron chi connectivity index (χ1n) is 8.81. The van der Waals surface area contributed by atoms with Crippen molar-refractivity contribution in [2.24, 2.45) is 0 Å². The van der Waals surface area contributed by atoms with Gasteiger partial charge in [-0.2, -0.15) is 4.98 Å². The monoisotopic (exact) mass is 375 g/mol.